The monoisotopic (exact) mass is 500 g/mol. The van der Waals surface area contributed by atoms with Crippen LogP contribution in [0.4, 0.5) is 0 Å². The lowest BCUT2D eigenvalue weighted by Crippen LogP contribution is -2.43. The topological polar surface area (TPSA) is 71.3 Å². The quantitative estimate of drug-likeness (QED) is 0.421. The van der Waals surface area contributed by atoms with Gasteiger partial charge in [-0.3, -0.25) is 9.69 Å². The normalized spacial score (nSPS) is 17.5. The van der Waals surface area contributed by atoms with Crippen molar-refractivity contribution >= 4 is 29.1 Å². The summed E-state index contributed by atoms with van der Waals surface area (Å²) in [4.78, 5) is 19.9. The van der Waals surface area contributed by atoms with Crippen LogP contribution < -0.4 is 5.32 Å². The smallest absolute Gasteiger partial charge is 0.241 e. The lowest BCUT2D eigenvalue weighted by Gasteiger charge is -2.32. The van der Waals surface area contributed by atoms with Crippen molar-refractivity contribution in [2.75, 3.05) is 13.1 Å². The van der Waals surface area contributed by atoms with E-state index >= 15 is 0 Å². The van der Waals surface area contributed by atoms with Gasteiger partial charge in [0, 0.05) is 17.1 Å². The molecule has 1 saturated heterocycles. The van der Waals surface area contributed by atoms with Crippen LogP contribution in [-0.4, -0.2) is 34.0 Å². The number of likely N-dealkylation sites (tertiary alicyclic amines) is 1. The van der Waals surface area contributed by atoms with Crippen molar-refractivity contribution in [3.8, 4) is 11.4 Å². The van der Waals surface area contributed by atoms with E-state index in [1.54, 1.807) is 18.2 Å². The molecule has 1 N–H and O–H groups in total. The van der Waals surface area contributed by atoms with Gasteiger partial charge in [0.15, 0.2) is 0 Å². The maximum Gasteiger partial charge on any atom is 0.241 e. The number of aromatic nitrogens is 2. The summed E-state index contributed by atoms with van der Waals surface area (Å²) >= 11 is 12.3. The van der Waals surface area contributed by atoms with Crippen LogP contribution in [-0.2, 0) is 11.3 Å². The van der Waals surface area contributed by atoms with E-state index in [4.69, 9.17) is 27.7 Å². The number of piperidine rings is 1. The molecule has 2 heterocycles. The van der Waals surface area contributed by atoms with E-state index in [2.05, 4.69) is 59.3 Å². The van der Waals surface area contributed by atoms with Crippen LogP contribution in [0.5, 0.6) is 0 Å². The van der Waals surface area contributed by atoms with Gasteiger partial charge in [-0.25, -0.2) is 0 Å². The van der Waals surface area contributed by atoms with Gasteiger partial charge in [0.2, 0.25) is 17.6 Å². The van der Waals surface area contributed by atoms with E-state index in [1.807, 2.05) is 0 Å². The van der Waals surface area contributed by atoms with Crippen LogP contribution in [0.15, 0.2) is 40.9 Å². The molecular formula is C26H30Cl2N4O2. The maximum absolute atomic E-state index is 13.2. The van der Waals surface area contributed by atoms with Gasteiger partial charge in [-0.2, -0.15) is 4.98 Å². The van der Waals surface area contributed by atoms with Crippen molar-refractivity contribution < 1.29 is 9.32 Å². The molecule has 1 aliphatic heterocycles. The molecule has 34 heavy (non-hydrogen) atoms. The van der Waals surface area contributed by atoms with E-state index in [0.717, 1.165) is 25.8 Å². The molecule has 0 aliphatic carbocycles. The lowest BCUT2D eigenvalue weighted by molar-refractivity contribution is -0.127. The minimum Gasteiger partial charge on any atom is -0.349 e. The van der Waals surface area contributed by atoms with Crippen LogP contribution in [0.3, 0.4) is 0 Å². The number of nitrogens with zero attached hydrogens (tertiary/aromatic N) is 3. The van der Waals surface area contributed by atoms with Gasteiger partial charge in [-0.05, 0) is 69.0 Å². The van der Waals surface area contributed by atoms with Gasteiger partial charge < -0.3 is 9.84 Å². The zero-order chi connectivity index (χ0) is 24.2. The maximum atomic E-state index is 13.2. The fourth-order valence-electron chi connectivity index (χ4n) is 4.61. The van der Waals surface area contributed by atoms with Crippen molar-refractivity contribution in [3.63, 3.8) is 0 Å². The minimum atomic E-state index is -0.0679. The van der Waals surface area contributed by atoms with Gasteiger partial charge >= 0.3 is 0 Å². The highest BCUT2D eigenvalue weighted by Gasteiger charge is 2.28. The molecule has 1 fully saturated rings. The third kappa shape index (κ3) is 5.80. The van der Waals surface area contributed by atoms with Crippen molar-refractivity contribution in [2.24, 2.45) is 5.92 Å². The third-order valence-electron chi connectivity index (χ3n) is 6.40. The average Bonchev–Trinajstić information content (AvgIpc) is 3.26. The van der Waals surface area contributed by atoms with Gasteiger partial charge in [0.1, 0.15) is 0 Å². The number of halogens is 2. The second kappa shape index (κ2) is 10.9. The van der Waals surface area contributed by atoms with Crippen LogP contribution in [0, 0.1) is 19.8 Å². The lowest BCUT2D eigenvalue weighted by atomic mass is 9.94. The summed E-state index contributed by atoms with van der Waals surface area (Å²) in [5, 5.41) is 8.40. The highest BCUT2D eigenvalue weighted by atomic mass is 35.5. The summed E-state index contributed by atoms with van der Waals surface area (Å²) in [5.41, 5.74) is 4.31. The molecule has 4 rings (SSSR count). The zero-order valence-electron chi connectivity index (χ0n) is 19.8. The number of hydrogen-bond acceptors (Lipinski definition) is 5. The largest absolute Gasteiger partial charge is 0.349 e. The summed E-state index contributed by atoms with van der Waals surface area (Å²) in [5.74, 6) is 0.975. The van der Waals surface area contributed by atoms with Gasteiger partial charge in [0.25, 0.3) is 0 Å². The van der Waals surface area contributed by atoms with E-state index in [0.29, 0.717) is 40.4 Å². The van der Waals surface area contributed by atoms with Crippen LogP contribution in [0.25, 0.3) is 11.4 Å². The first-order valence-electron chi connectivity index (χ1n) is 11.7. The second-order valence-electron chi connectivity index (χ2n) is 9.04. The fraction of sp³-hybridized carbons (Fsp3) is 0.423. The van der Waals surface area contributed by atoms with Crippen LogP contribution >= 0.6 is 23.2 Å². The Morgan fingerprint density at radius 1 is 1.24 bits per heavy atom. The molecule has 0 bridgehead atoms. The zero-order valence-corrected chi connectivity index (χ0v) is 21.3. The molecule has 2 atom stereocenters. The number of benzene rings is 2. The number of rotatable bonds is 7. The standard InChI is InChI=1S/C26H30Cl2N4O2/c1-4-23(20-9-7-16(2)12-17(20)3)29-26(33)18-6-5-11-32(14-18)15-24-30-25(31-34-24)21-10-8-19(27)13-22(21)28/h7-10,12-13,18,23H,4-6,11,14-15H2,1-3H3,(H,29,33). The minimum absolute atomic E-state index is 0.0195. The van der Waals surface area contributed by atoms with Crippen molar-refractivity contribution in [3.05, 3.63) is 69.0 Å². The highest BCUT2D eigenvalue weighted by molar-refractivity contribution is 6.36. The highest BCUT2D eigenvalue weighted by Crippen LogP contribution is 2.29. The number of carbonyl (C=O) groups is 1. The molecule has 1 aromatic heterocycles. The number of hydrogen-bond donors (Lipinski definition) is 1. The molecule has 3 aromatic rings. The first-order chi connectivity index (χ1) is 16.3. The summed E-state index contributed by atoms with van der Waals surface area (Å²) in [6.45, 7) is 8.35. The Morgan fingerprint density at radius 2 is 2.06 bits per heavy atom. The van der Waals surface area contributed by atoms with E-state index < -0.39 is 0 Å². The summed E-state index contributed by atoms with van der Waals surface area (Å²) < 4.78 is 5.47. The Balaban J connectivity index is 1.38. The molecule has 180 valence electrons. The second-order valence-corrected chi connectivity index (χ2v) is 9.88. The average molecular weight is 501 g/mol. The molecule has 6 nitrogen and oxygen atoms in total. The Hall–Kier alpha value is -2.41. The van der Waals surface area contributed by atoms with Crippen molar-refractivity contribution in [2.45, 2.75) is 52.6 Å². The molecule has 2 unspecified atom stereocenters. The van der Waals surface area contributed by atoms with Crippen molar-refractivity contribution in [1.82, 2.24) is 20.4 Å². The first-order valence-corrected chi connectivity index (χ1v) is 12.5. The number of carbonyl (C=O) groups excluding carboxylic acids is 1. The van der Waals surface area contributed by atoms with Gasteiger partial charge in [-0.1, -0.05) is 59.0 Å². The molecule has 2 aromatic carbocycles. The molecule has 0 radical (unpaired) electrons. The van der Waals surface area contributed by atoms with Crippen molar-refractivity contribution in [1.29, 1.82) is 0 Å². The first kappa shape index (κ1) is 24.7. The van der Waals surface area contributed by atoms with E-state index in [1.165, 1.54) is 16.7 Å². The molecule has 0 saturated carbocycles. The predicted octanol–water partition coefficient (Wildman–Crippen LogP) is 6.14. The molecule has 1 amide bonds. The number of nitrogens with one attached hydrogen (secondary N) is 1. The third-order valence-corrected chi connectivity index (χ3v) is 6.95. The Morgan fingerprint density at radius 3 is 2.79 bits per heavy atom. The predicted molar refractivity (Wildman–Crippen MR) is 135 cm³/mol. The molecule has 1 aliphatic rings. The van der Waals surface area contributed by atoms with E-state index in [9.17, 15) is 4.79 Å². The number of amides is 1. The van der Waals surface area contributed by atoms with Gasteiger partial charge in [0.05, 0.1) is 23.5 Å². The summed E-state index contributed by atoms with van der Waals surface area (Å²) in [6.07, 6.45) is 2.67. The summed E-state index contributed by atoms with van der Waals surface area (Å²) in [6, 6.07) is 11.6. The molecule has 0 spiro atoms. The summed E-state index contributed by atoms with van der Waals surface area (Å²) in [7, 11) is 0. The Kier molecular flexibility index (Phi) is 7.91. The Labute approximate surface area is 210 Å². The number of aryl methyl sites for hydroxylation is 2. The van der Waals surface area contributed by atoms with Crippen LogP contribution in [0.1, 0.15) is 54.8 Å². The van der Waals surface area contributed by atoms with E-state index in [-0.39, 0.29) is 17.9 Å². The fourth-order valence-corrected chi connectivity index (χ4v) is 5.10. The Bertz CT molecular complexity index is 1160. The SMILES string of the molecule is CCC(NC(=O)C1CCCN(Cc2nc(-c3ccc(Cl)cc3Cl)no2)C1)c1ccc(C)cc1C. The van der Waals surface area contributed by atoms with Crippen LogP contribution in [0.2, 0.25) is 10.0 Å². The van der Waals surface area contributed by atoms with Gasteiger partial charge in [-0.15, -0.1) is 0 Å². The molecular weight excluding hydrogens is 471 g/mol. The molecule has 8 heteroatoms.